The second-order valence-corrected chi connectivity index (χ2v) is 8.34. The first-order valence-corrected chi connectivity index (χ1v) is 11.5. The van der Waals surface area contributed by atoms with Crippen molar-refractivity contribution in [3.05, 3.63) is 97.0 Å². The highest BCUT2D eigenvalue weighted by Gasteiger charge is 2.17. The van der Waals surface area contributed by atoms with Crippen LogP contribution in [0.4, 0.5) is 0 Å². The number of fused-ring (bicyclic) bond motifs is 3. The van der Waals surface area contributed by atoms with Crippen LogP contribution in [-0.2, 0) is 6.54 Å². The number of H-pyrrole nitrogens is 2. The third-order valence-electron chi connectivity index (χ3n) is 6.19. The van der Waals surface area contributed by atoms with Crippen molar-refractivity contribution in [3.63, 3.8) is 0 Å². The second-order valence-electron chi connectivity index (χ2n) is 8.34. The summed E-state index contributed by atoms with van der Waals surface area (Å²) in [4.78, 5) is 32.1. The maximum atomic E-state index is 12.6. The zero-order chi connectivity index (χ0) is 24.5. The summed E-state index contributed by atoms with van der Waals surface area (Å²) in [5, 5.41) is 4.95. The number of benzene rings is 2. The topological polar surface area (TPSA) is 109 Å². The van der Waals surface area contributed by atoms with Crippen LogP contribution in [0.25, 0.3) is 44.2 Å². The number of pyridine rings is 2. The van der Waals surface area contributed by atoms with Crippen LogP contribution >= 0.6 is 0 Å². The van der Waals surface area contributed by atoms with E-state index in [2.05, 4.69) is 36.3 Å². The predicted molar refractivity (Wildman–Crippen MR) is 139 cm³/mol. The number of imidazole rings is 1. The van der Waals surface area contributed by atoms with Gasteiger partial charge < -0.3 is 20.0 Å². The van der Waals surface area contributed by atoms with Crippen LogP contribution in [0.2, 0.25) is 0 Å². The van der Waals surface area contributed by atoms with E-state index >= 15 is 0 Å². The average Bonchev–Trinajstić information content (AvgIpc) is 3.59. The number of carbonyl (C=O) groups excluding carboxylic acids is 1. The molecule has 0 bridgehead atoms. The molecule has 2 aromatic carbocycles. The number of aromatic nitrogens is 5. The third kappa shape index (κ3) is 3.84. The smallest absolute Gasteiger partial charge is 0.251 e. The lowest BCUT2D eigenvalue weighted by molar-refractivity contribution is 0.0950. The SMILES string of the molecule is COc1ccc2[nH]c3cnc(-c4cccnc4)cc3c2c1-c1ccc(C(=O)NCc2ncc[nH]2)cc1. The number of rotatable bonds is 6. The minimum Gasteiger partial charge on any atom is -0.496 e. The zero-order valence-corrected chi connectivity index (χ0v) is 19.4. The molecule has 6 rings (SSSR count). The van der Waals surface area contributed by atoms with E-state index in [0.29, 0.717) is 17.9 Å². The summed E-state index contributed by atoms with van der Waals surface area (Å²) < 4.78 is 5.77. The van der Waals surface area contributed by atoms with E-state index in [9.17, 15) is 4.79 Å². The van der Waals surface area contributed by atoms with Crippen molar-refractivity contribution in [2.75, 3.05) is 7.11 Å². The largest absolute Gasteiger partial charge is 0.496 e. The lowest BCUT2D eigenvalue weighted by atomic mass is 9.97. The van der Waals surface area contributed by atoms with Crippen LogP contribution in [0.5, 0.6) is 5.75 Å². The summed E-state index contributed by atoms with van der Waals surface area (Å²) in [7, 11) is 1.67. The van der Waals surface area contributed by atoms with Crippen molar-refractivity contribution in [2.45, 2.75) is 6.54 Å². The van der Waals surface area contributed by atoms with Gasteiger partial charge in [0.2, 0.25) is 0 Å². The molecule has 0 saturated heterocycles. The lowest BCUT2D eigenvalue weighted by Crippen LogP contribution is -2.23. The number of hydrogen-bond donors (Lipinski definition) is 3. The van der Waals surface area contributed by atoms with Crippen LogP contribution in [0.3, 0.4) is 0 Å². The van der Waals surface area contributed by atoms with Gasteiger partial charge in [-0.3, -0.25) is 14.8 Å². The maximum Gasteiger partial charge on any atom is 0.251 e. The number of hydrogen-bond acceptors (Lipinski definition) is 5. The molecule has 0 spiro atoms. The van der Waals surface area contributed by atoms with Gasteiger partial charge in [0.25, 0.3) is 5.91 Å². The van der Waals surface area contributed by atoms with Gasteiger partial charge in [-0.05, 0) is 48.0 Å². The Bertz CT molecular complexity index is 1670. The molecule has 176 valence electrons. The predicted octanol–water partition coefficient (Wildman–Crippen LogP) is 5.11. The van der Waals surface area contributed by atoms with Crippen LogP contribution < -0.4 is 10.1 Å². The second kappa shape index (κ2) is 8.99. The molecule has 0 atom stereocenters. The van der Waals surface area contributed by atoms with Gasteiger partial charge in [0.05, 0.1) is 31.1 Å². The molecule has 0 aliphatic rings. The fraction of sp³-hybridized carbons (Fsp3) is 0.0714. The molecule has 4 heterocycles. The zero-order valence-electron chi connectivity index (χ0n) is 19.4. The number of nitrogens with one attached hydrogen (secondary N) is 3. The Morgan fingerprint density at radius 1 is 0.972 bits per heavy atom. The summed E-state index contributed by atoms with van der Waals surface area (Å²) in [5.74, 6) is 1.29. The normalized spacial score (nSPS) is 11.1. The molecule has 0 aliphatic heterocycles. The molecule has 3 N–H and O–H groups in total. The van der Waals surface area contributed by atoms with E-state index in [1.807, 2.05) is 54.7 Å². The van der Waals surface area contributed by atoms with E-state index in [1.54, 1.807) is 31.9 Å². The number of methoxy groups -OCH3 is 1. The summed E-state index contributed by atoms with van der Waals surface area (Å²) in [6.07, 6.45) is 8.79. The highest BCUT2D eigenvalue weighted by atomic mass is 16.5. The molecular formula is C28H22N6O2. The minimum absolute atomic E-state index is 0.164. The molecule has 4 aromatic heterocycles. The van der Waals surface area contributed by atoms with Gasteiger partial charge in [-0.15, -0.1) is 0 Å². The van der Waals surface area contributed by atoms with Gasteiger partial charge in [0, 0.05) is 57.8 Å². The van der Waals surface area contributed by atoms with Crippen molar-refractivity contribution < 1.29 is 9.53 Å². The van der Waals surface area contributed by atoms with Gasteiger partial charge in [0.1, 0.15) is 11.6 Å². The number of aromatic amines is 2. The number of ether oxygens (including phenoxy) is 1. The first kappa shape index (κ1) is 21.5. The van der Waals surface area contributed by atoms with Crippen molar-refractivity contribution in [3.8, 4) is 28.1 Å². The van der Waals surface area contributed by atoms with Crippen LogP contribution in [0.15, 0.2) is 85.6 Å². The lowest BCUT2D eigenvalue weighted by Gasteiger charge is -2.12. The minimum atomic E-state index is -0.164. The van der Waals surface area contributed by atoms with E-state index in [-0.39, 0.29) is 5.91 Å². The third-order valence-corrected chi connectivity index (χ3v) is 6.19. The van der Waals surface area contributed by atoms with Crippen LogP contribution in [-0.4, -0.2) is 37.9 Å². The monoisotopic (exact) mass is 474 g/mol. The fourth-order valence-electron chi connectivity index (χ4n) is 4.45. The van der Waals surface area contributed by atoms with Crippen molar-refractivity contribution in [1.29, 1.82) is 0 Å². The summed E-state index contributed by atoms with van der Waals surface area (Å²) in [6, 6.07) is 17.5. The first-order valence-electron chi connectivity index (χ1n) is 11.5. The molecule has 8 heteroatoms. The Labute approximate surface area is 206 Å². The molecule has 0 radical (unpaired) electrons. The van der Waals surface area contributed by atoms with Gasteiger partial charge in [-0.2, -0.15) is 0 Å². The van der Waals surface area contributed by atoms with Gasteiger partial charge in [0.15, 0.2) is 0 Å². The van der Waals surface area contributed by atoms with Crippen molar-refractivity contribution in [2.24, 2.45) is 0 Å². The highest BCUT2D eigenvalue weighted by molar-refractivity contribution is 6.16. The number of amides is 1. The summed E-state index contributed by atoms with van der Waals surface area (Å²) in [6.45, 7) is 0.337. The fourth-order valence-corrected chi connectivity index (χ4v) is 4.45. The molecule has 36 heavy (non-hydrogen) atoms. The number of carbonyl (C=O) groups is 1. The molecule has 6 aromatic rings. The molecule has 0 fully saturated rings. The molecule has 0 unspecified atom stereocenters. The van der Waals surface area contributed by atoms with E-state index in [0.717, 1.165) is 49.9 Å². The standard InChI is InChI=1S/C28H22N6O2/c1-36-24-9-8-21-27(20-13-22(32-15-23(20)34-21)19-3-2-10-29-14-19)26(24)17-4-6-18(7-5-17)28(35)33-16-25-30-11-12-31-25/h2-15,34H,16H2,1H3,(H,30,31)(H,33,35). The molecular weight excluding hydrogens is 452 g/mol. The van der Waals surface area contributed by atoms with E-state index in [1.165, 1.54) is 0 Å². The average molecular weight is 475 g/mol. The van der Waals surface area contributed by atoms with Gasteiger partial charge >= 0.3 is 0 Å². The molecule has 1 amide bonds. The Morgan fingerprint density at radius 3 is 2.61 bits per heavy atom. The molecule has 0 saturated carbocycles. The first-order chi connectivity index (χ1) is 17.7. The Hall–Kier alpha value is -4.98. The summed E-state index contributed by atoms with van der Waals surface area (Å²) in [5.41, 5.74) is 6.16. The maximum absolute atomic E-state index is 12.6. The summed E-state index contributed by atoms with van der Waals surface area (Å²) >= 11 is 0. The van der Waals surface area contributed by atoms with Crippen LogP contribution in [0.1, 0.15) is 16.2 Å². The van der Waals surface area contributed by atoms with E-state index in [4.69, 9.17) is 4.74 Å². The highest BCUT2D eigenvalue weighted by Crippen LogP contribution is 2.41. The van der Waals surface area contributed by atoms with Crippen molar-refractivity contribution >= 4 is 27.7 Å². The number of nitrogens with zero attached hydrogens (tertiary/aromatic N) is 3. The Balaban J connectivity index is 1.42. The van der Waals surface area contributed by atoms with E-state index < -0.39 is 0 Å². The molecule has 0 aliphatic carbocycles. The van der Waals surface area contributed by atoms with Gasteiger partial charge in [-0.1, -0.05) is 12.1 Å². The molecule has 8 nitrogen and oxygen atoms in total. The van der Waals surface area contributed by atoms with Crippen LogP contribution in [0, 0.1) is 0 Å². The Morgan fingerprint density at radius 2 is 1.86 bits per heavy atom. The van der Waals surface area contributed by atoms with Gasteiger partial charge in [-0.25, -0.2) is 4.98 Å². The Kier molecular flexibility index (Phi) is 5.38. The quantitative estimate of drug-likeness (QED) is 0.311. The van der Waals surface area contributed by atoms with Crippen molar-refractivity contribution in [1.82, 2.24) is 30.2 Å².